The fourth-order valence-corrected chi connectivity index (χ4v) is 3.08. The first-order chi connectivity index (χ1) is 10.1. The molecule has 1 amide bonds. The molecule has 2 unspecified atom stereocenters. The average Bonchev–Trinajstić information content (AvgIpc) is 3.02. The summed E-state index contributed by atoms with van der Waals surface area (Å²) < 4.78 is 5.40. The number of fused-ring (bicyclic) bond motifs is 1. The summed E-state index contributed by atoms with van der Waals surface area (Å²) in [7, 11) is 0. The van der Waals surface area contributed by atoms with E-state index in [0.29, 0.717) is 18.2 Å². The maximum Gasteiger partial charge on any atom is 0.262 e. The molecule has 1 fully saturated rings. The molecule has 7 heteroatoms. The van der Waals surface area contributed by atoms with Crippen LogP contribution in [-0.2, 0) is 0 Å². The molecule has 1 saturated carbocycles. The SMILES string of the molecule is Cc1oc2nc[nH]c(=O)c2c1C(=O)NC1CCCC1CN. The van der Waals surface area contributed by atoms with Gasteiger partial charge < -0.3 is 20.5 Å². The van der Waals surface area contributed by atoms with Gasteiger partial charge in [0, 0.05) is 6.04 Å². The summed E-state index contributed by atoms with van der Waals surface area (Å²) in [5, 5.41) is 3.19. The highest BCUT2D eigenvalue weighted by Crippen LogP contribution is 2.26. The van der Waals surface area contributed by atoms with Crippen molar-refractivity contribution in [2.75, 3.05) is 6.54 Å². The van der Waals surface area contributed by atoms with Gasteiger partial charge in [-0.3, -0.25) is 9.59 Å². The van der Waals surface area contributed by atoms with Gasteiger partial charge in [0.05, 0.1) is 11.9 Å². The molecule has 7 nitrogen and oxygen atoms in total. The number of amides is 1. The molecule has 0 bridgehead atoms. The number of nitrogens with two attached hydrogens (primary N) is 1. The molecule has 2 atom stereocenters. The second kappa shape index (κ2) is 5.33. The fraction of sp³-hybridized carbons (Fsp3) is 0.500. The van der Waals surface area contributed by atoms with E-state index in [1.807, 2.05) is 0 Å². The van der Waals surface area contributed by atoms with Crippen LogP contribution >= 0.6 is 0 Å². The van der Waals surface area contributed by atoms with Crippen LogP contribution in [0.1, 0.15) is 35.4 Å². The van der Waals surface area contributed by atoms with Crippen LogP contribution in [0.25, 0.3) is 11.1 Å². The van der Waals surface area contributed by atoms with Crippen molar-refractivity contribution in [3.05, 3.63) is 28.0 Å². The Bertz CT molecular complexity index is 733. The molecule has 0 aromatic carbocycles. The lowest BCUT2D eigenvalue weighted by molar-refractivity contribution is 0.0928. The summed E-state index contributed by atoms with van der Waals surface area (Å²) in [6.45, 7) is 2.21. The Balaban J connectivity index is 1.95. The lowest BCUT2D eigenvalue weighted by Gasteiger charge is -2.19. The van der Waals surface area contributed by atoms with Crippen LogP contribution in [0.2, 0.25) is 0 Å². The van der Waals surface area contributed by atoms with Crippen LogP contribution in [-0.4, -0.2) is 28.5 Å². The van der Waals surface area contributed by atoms with Gasteiger partial charge in [-0.15, -0.1) is 0 Å². The van der Waals surface area contributed by atoms with E-state index in [1.54, 1.807) is 6.92 Å². The normalized spacial score (nSPS) is 21.8. The molecule has 1 aliphatic rings. The van der Waals surface area contributed by atoms with Crippen molar-refractivity contribution in [1.29, 1.82) is 0 Å². The van der Waals surface area contributed by atoms with Crippen molar-refractivity contribution in [2.24, 2.45) is 11.7 Å². The van der Waals surface area contributed by atoms with E-state index in [4.69, 9.17) is 10.2 Å². The van der Waals surface area contributed by atoms with Crippen LogP contribution in [0.3, 0.4) is 0 Å². The number of nitrogens with zero attached hydrogens (tertiary/aromatic N) is 1. The molecule has 2 heterocycles. The molecule has 2 aromatic rings. The van der Waals surface area contributed by atoms with Crippen molar-refractivity contribution in [3.8, 4) is 0 Å². The average molecular weight is 290 g/mol. The third-order valence-electron chi connectivity index (χ3n) is 4.18. The molecule has 0 saturated heterocycles. The first-order valence-electron chi connectivity index (χ1n) is 7.09. The molecule has 112 valence electrons. The number of nitrogens with one attached hydrogen (secondary N) is 2. The van der Waals surface area contributed by atoms with Crippen molar-refractivity contribution < 1.29 is 9.21 Å². The Labute approximate surface area is 120 Å². The maximum absolute atomic E-state index is 12.5. The molecule has 3 rings (SSSR count). The standard InChI is InChI=1S/C14H18N4O3/c1-7-10(11-12(19)16-6-17-14(11)21-7)13(20)18-9-4-2-3-8(9)5-15/h6,8-9H,2-5,15H2,1H3,(H,18,20)(H,16,17,19). The summed E-state index contributed by atoms with van der Waals surface area (Å²) in [5.74, 6) is 0.396. The quantitative estimate of drug-likeness (QED) is 0.769. The van der Waals surface area contributed by atoms with Crippen LogP contribution in [0.5, 0.6) is 0 Å². The maximum atomic E-state index is 12.5. The van der Waals surface area contributed by atoms with Gasteiger partial charge in [-0.25, -0.2) is 4.98 Å². The number of carbonyl (C=O) groups excluding carboxylic acids is 1. The zero-order valence-corrected chi connectivity index (χ0v) is 11.8. The molecule has 21 heavy (non-hydrogen) atoms. The highest BCUT2D eigenvalue weighted by atomic mass is 16.3. The highest BCUT2D eigenvalue weighted by molar-refractivity contribution is 6.06. The largest absolute Gasteiger partial charge is 0.442 e. The number of aromatic nitrogens is 2. The number of furan rings is 1. The number of aromatic amines is 1. The van der Waals surface area contributed by atoms with Crippen molar-refractivity contribution >= 4 is 17.0 Å². The van der Waals surface area contributed by atoms with Crippen molar-refractivity contribution in [1.82, 2.24) is 15.3 Å². The van der Waals surface area contributed by atoms with Gasteiger partial charge in [-0.05, 0) is 32.2 Å². The van der Waals surface area contributed by atoms with E-state index in [-0.39, 0.29) is 34.2 Å². The molecular formula is C14H18N4O3. The second-order valence-corrected chi connectivity index (χ2v) is 5.45. The number of carbonyl (C=O) groups is 1. The lowest BCUT2D eigenvalue weighted by Crippen LogP contribution is -2.40. The molecule has 1 aliphatic carbocycles. The van der Waals surface area contributed by atoms with E-state index in [0.717, 1.165) is 19.3 Å². The van der Waals surface area contributed by atoms with Gasteiger partial charge in [-0.1, -0.05) is 6.42 Å². The Morgan fingerprint density at radius 3 is 3.14 bits per heavy atom. The fourth-order valence-electron chi connectivity index (χ4n) is 3.08. The third-order valence-corrected chi connectivity index (χ3v) is 4.18. The summed E-state index contributed by atoms with van der Waals surface area (Å²) in [6, 6.07) is 0.0580. The zero-order chi connectivity index (χ0) is 15.0. The van der Waals surface area contributed by atoms with Gasteiger partial charge >= 0.3 is 0 Å². The van der Waals surface area contributed by atoms with Crippen LogP contribution in [0.15, 0.2) is 15.5 Å². The monoisotopic (exact) mass is 290 g/mol. The smallest absolute Gasteiger partial charge is 0.262 e. The summed E-state index contributed by atoms with van der Waals surface area (Å²) in [5.41, 5.74) is 5.81. The van der Waals surface area contributed by atoms with Crippen LogP contribution in [0, 0.1) is 12.8 Å². The van der Waals surface area contributed by atoms with Gasteiger partial charge in [0.1, 0.15) is 11.1 Å². The van der Waals surface area contributed by atoms with E-state index in [2.05, 4.69) is 15.3 Å². The minimum Gasteiger partial charge on any atom is -0.442 e. The second-order valence-electron chi connectivity index (χ2n) is 5.45. The van der Waals surface area contributed by atoms with E-state index in [1.165, 1.54) is 6.33 Å². The minimum atomic E-state index is -0.371. The zero-order valence-electron chi connectivity index (χ0n) is 11.8. The first kappa shape index (κ1) is 13.8. The van der Waals surface area contributed by atoms with Gasteiger partial charge in [0.15, 0.2) is 0 Å². The first-order valence-corrected chi connectivity index (χ1v) is 7.09. The van der Waals surface area contributed by atoms with Gasteiger partial charge in [0.25, 0.3) is 11.5 Å². The Morgan fingerprint density at radius 2 is 2.38 bits per heavy atom. The third kappa shape index (κ3) is 2.33. The Hall–Kier alpha value is -2.15. The van der Waals surface area contributed by atoms with E-state index >= 15 is 0 Å². The predicted molar refractivity (Wildman–Crippen MR) is 77.0 cm³/mol. The highest BCUT2D eigenvalue weighted by Gasteiger charge is 2.30. The lowest BCUT2D eigenvalue weighted by atomic mass is 10.0. The molecule has 2 aromatic heterocycles. The van der Waals surface area contributed by atoms with E-state index in [9.17, 15) is 9.59 Å². The van der Waals surface area contributed by atoms with Crippen LogP contribution in [0.4, 0.5) is 0 Å². The van der Waals surface area contributed by atoms with E-state index < -0.39 is 0 Å². The summed E-state index contributed by atoms with van der Waals surface area (Å²) >= 11 is 0. The number of hydrogen-bond donors (Lipinski definition) is 3. The number of H-pyrrole nitrogens is 1. The topological polar surface area (TPSA) is 114 Å². The summed E-state index contributed by atoms with van der Waals surface area (Å²) in [6.07, 6.45) is 4.25. The predicted octanol–water partition coefficient (Wildman–Crippen LogP) is 0.682. The molecular weight excluding hydrogens is 272 g/mol. The Morgan fingerprint density at radius 1 is 1.57 bits per heavy atom. The van der Waals surface area contributed by atoms with Crippen molar-refractivity contribution in [3.63, 3.8) is 0 Å². The molecule has 0 aliphatic heterocycles. The van der Waals surface area contributed by atoms with Gasteiger partial charge in [0.2, 0.25) is 5.71 Å². The molecule has 0 spiro atoms. The van der Waals surface area contributed by atoms with Gasteiger partial charge in [-0.2, -0.15) is 0 Å². The molecule has 0 radical (unpaired) electrons. The number of hydrogen-bond acceptors (Lipinski definition) is 5. The number of rotatable bonds is 3. The van der Waals surface area contributed by atoms with Crippen LogP contribution < -0.4 is 16.6 Å². The minimum absolute atomic E-state index is 0.0580. The summed E-state index contributed by atoms with van der Waals surface area (Å²) in [4.78, 5) is 30.9. The Kier molecular flexibility index (Phi) is 3.50. The molecule has 4 N–H and O–H groups in total. The number of aryl methyl sites for hydroxylation is 1. The van der Waals surface area contributed by atoms with Crippen molar-refractivity contribution in [2.45, 2.75) is 32.2 Å².